The van der Waals surface area contributed by atoms with Crippen molar-refractivity contribution in [1.82, 2.24) is 5.32 Å². The van der Waals surface area contributed by atoms with Crippen LogP contribution in [-0.2, 0) is 38.2 Å². The predicted octanol–water partition coefficient (Wildman–Crippen LogP) is 6.39. The largest absolute Gasteiger partial charge is 0.461 e. The number of hydrogen-bond acceptors (Lipinski definition) is 5. The summed E-state index contributed by atoms with van der Waals surface area (Å²) < 4.78 is 24.3. The summed E-state index contributed by atoms with van der Waals surface area (Å²) in [6.07, 6.45) is -1.22. The van der Waals surface area contributed by atoms with Gasteiger partial charge in [-0.1, -0.05) is 103 Å². The number of fused-ring (bicyclic) bond motifs is 1. The first-order valence-electron chi connectivity index (χ1n) is 12.4. The third-order valence-electron chi connectivity index (χ3n) is 6.13. The fraction of sp³-hybridized carbons (Fsp3) is 0.200. The van der Waals surface area contributed by atoms with Crippen LogP contribution in [0.5, 0.6) is 0 Å². The quantitative estimate of drug-likeness (QED) is 0.172. The average molecular weight is 532 g/mol. The Balaban J connectivity index is 1.45. The van der Waals surface area contributed by atoms with Gasteiger partial charge in [-0.05, 0) is 33.9 Å². The summed E-state index contributed by atoms with van der Waals surface area (Å²) >= 11 is 0. The van der Waals surface area contributed by atoms with Crippen LogP contribution >= 0.6 is 7.37 Å². The second-order valence-electron chi connectivity index (χ2n) is 8.96. The van der Waals surface area contributed by atoms with Gasteiger partial charge in [0.1, 0.15) is 19.0 Å². The third-order valence-corrected chi connectivity index (χ3v) is 8.28. The van der Waals surface area contributed by atoms with Crippen LogP contribution in [0.1, 0.15) is 29.5 Å². The van der Waals surface area contributed by atoms with Crippen LogP contribution in [0.3, 0.4) is 0 Å². The van der Waals surface area contributed by atoms with E-state index in [1.807, 2.05) is 97.1 Å². The van der Waals surface area contributed by atoms with Crippen molar-refractivity contribution in [3.05, 3.63) is 120 Å². The number of benzene rings is 4. The summed E-state index contributed by atoms with van der Waals surface area (Å²) in [7, 11) is -4.03. The lowest BCUT2D eigenvalue weighted by molar-refractivity contribution is -0.145. The smallest absolute Gasteiger partial charge is 0.408 e. The van der Waals surface area contributed by atoms with Crippen LogP contribution in [0.2, 0.25) is 0 Å². The van der Waals surface area contributed by atoms with Crippen molar-refractivity contribution in [3.63, 3.8) is 0 Å². The molecule has 0 saturated heterocycles. The molecule has 2 unspecified atom stereocenters. The molecular weight excluding hydrogens is 501 g/mol. The molecule has 0 aliphatic carbocycles. The minimum atomic E-state index is -4.03. The molecule has 196 valence electrons. The molecule has 1 amide bonds. The molecule has 4 aromatic rings. The topological polar surface area (TPSA) is 102 Å². The van der Waals surface area contributed by atoms with E-state index in [0.717, 1.165) is 21.9 Å². The first-order valence-corrected chi connectivity index (χ1v) is 14.3. The van der Waals surface area contributed by atoms with E-state index < -0.39 is 25.2 Å². The third kappa shape index (κ3) is 7.78. The molecule has 4 rings (SSSR count). The molecule has 0 heterocycles. The molecule has 0 aliphatic rings. The maximum absolute atomic E-state index is 13.7. The number of ether oxygens (including phenoxy) is 2. The Bertz CT molecular complexity index is 1400. The number of rotatable bonds is 11. The maximum atomic E-state index is 13.7. The van der Waals surface area contributed by atoms with E-state index in [2.05, 4.69) is 5.32 Å². The van der Waals surface area contributed by atoms with Gasteiger partial charge in [-0.15, -0.1) is 0 Å². The summed E-state index contributed by atoms with van der Waals surface area (Å²) in [4.78, 5) is 36.2. The number of nitrogens with one attached hydrogen (secondary N) is 1. The zero-order chi connectivity index (χ0) is 26.8. The number of carbonyl (C=O) groups is 2. The van der Waals surface area contributed by atoms with E-state index in [9.17, 15) is 19.0 Å². The van der Waals surface area contributed by atoms with Crippen molar-refractivity contribution >= 4 is 30.2 Å². The van der Waals surface area contributed by atoms with Crippen molar-refractivity contribution < 1.29 is 28.5 Å². The second-order valence-corrected chi connectivity index (χ2v) is 11.4. The zero-order valence-corrected chi connectivity index (χ0v) is 21.8. The summed E-state index contributed by atoms with van der Waals surface area (Å²) in [6, 6.07) is 31.5. The van der Waals surface area contributed by atoms with Crippen molar-refractivity contribution in [2.75, 3.05) is 0 Å². The van der Waals surface area contributed by atoms with Crippen molar-refractivity contribution in [1.29, 1.82) is 0 Å². The van der Waals surface area contributed by atoms with Gasteiger partial charge >= 0.3 is 12.1 Å². The molecule has 4 aromatic carbocycles. The first-order chi connectivity index (χ1) is 18.4. The van der Waals surface area contributed by atoms with Crippen molar-refractivity contribution in [3.8, 4) is 0 Å². The molecule has 0 aromatic heterocycles. The minimum Gasteiger partial charge on any atom is -0.461 e. The molecule has 2 N–H and O–H groups in total. The highest BCUT2D eigenvalue weighted by atomic mass is 31.2. The van der Waals surface area contributed by atoms with Crippen LogP contribution in [0.15, 0.2) is 103 Å². The molecule has 0 spiro atoms. The van der Waals surface area contributed by atoms with Gasteiger partial charge in [-0.3, -0.25) is 9.36 Å². The molecule has 38 heavy (non-hydrogen) atoms. The molecule has 0 bridgehead atoms. The van der Waals surface area contributed by atoms with Gasteiger partial charge in [-0.25, -0.2) is 4.79 Å². The maximum Gasteiger partial charge on any atom is 0.408 e. The van der Waals surface area contributed by atoms with E-state index >= 15 is 0 Å². The number of carbonyl (C=O) groups excluding carboxylic acids is 2. The lowest BCUT2D eigenvalue weighted by Gasteiger charge is -2.24. The minimum absolute atomic E-state index is 0.0115. The van der Waals surface area contributed by atoms with E-state index in [0.29, 0.717) is 5.56 Å². The fourth-order valence-electron chi connectivity index (χ4n) is 4.13. The van der Waals surface area contributed by atoms with Gasteiger partial charge in [0.05, 0.1) is 6.16 Å². The predicted molar refractivity (Wildman–Crippen MR) is 146 cm³/mol. The summed E-state index contributed by atoms with van der Waals surface area (Å²) in [5, 5.41) is 4.35. The number of alkyl carbamates (subject to hydrolysis) is 1. The molecule has 0 radical (unpaired) electrons. The molecular formula is C30H30NO6P. The second kappa shape index (κ2) is 13.0. The van der Waals surface area contributed by atoms with Crippen LogP contribution in [0.25, 0.3) is 10.8 Å². The van der Waals surface area contributed by atoms with Crippen molar-refractivity contribution in [2.45, 2.75) is 38.0 Å². The Labute approximate surface area is 221 Å². The van der Waals surface area contributed by atoms with E-state index in [1.165, 1.54) is 0 Å². The average Bonchev–Trinajstić information content (AvgIpc) is 2.94. The van der Waals surface area contributed by atoms with Gasteiger partial charge in [0.2, 0.25) is 7.37 Å². The van der Waals surface area contributed by atoms with Gasteiger partial charge in [0, 0.05) is 6.42 Å². The highest BCUT2D eigenvalue weighted by Gasteiger charge is 2.34. The fourth-order valence-corrected chi connectivity index (χ4v) is 5.95. The highest BCUT2D eigenvalue weighted by molar-refractivity contribution is 7.57. The first kappa shape index (κ1) is 27.1. The monoisotopic (exact) mass is 531 g/mol. The van der Waals surface area contributed by atoms with Crippen LogP contribution in [0.4, 0.5) is 4.79 Å². The van der Waals surface area contributed by atoms with Gasteiger partial charge in [0.25, 0.3) is 0 Å². The highest BCUT2D eigenvalue weighted by Crippen LogP contribution is 2.51. The Morgan fingerprint density at radius 1 is 0.763 bits per heavy atom. The molecule has 0 aliphatic heterocycles. The SMILES string of the molecule is O=C(CCC(NC(=O)OCc1ccccc1)P(=O)(O)Cc1cccc2ccccc12)OCc1ccccc1. The van der Waals surface area contributed by atoms with Crippen molar-refractivity contribution in [2.24, 2.45) is 0 Å². The molecule has 7 nitrogen and oxygen atoms in total. The lowest BCUT2D eigenvalue weighted by atomic mass is 10.1. The number of hydrogen-bond donors (Lipinski definition) is 2. The summed E-state index contributed by atoms with van der Waals surface area (Å²) in [6.45, 7) is 0.112. The number of amides is 1. The van der Waals surface area contributed by atoms with Gasteiger partial charge < -0.3 is 19.7 Å². The molecule has 2 atom stereocenters. The Morgan fingerprint density at radius 2 is 1.34 bits per heavy atom. The lowest BCUT2D eigenvalue weighted by Crippen LogP contribution is -2.36. The Morgan fingerprint density at radius 3 is 2.03 bits per heavy atom. The molecule has 0 saturated carbocycles. The van der Waals surface area contributed by atoms with Crippen LogP contribution in [-0.4, -0.2) is 22.7 Å². The number of esters is 1. The zero-order valence-electron chi connectivity index (χ0n) is 20.9. The Hall–Kier alpha value is -3.93. The standard InChI is InChI=1S/C30H30NO6P/c32-29(36-20-23-10-3-1-4-11-23)19-18-28(31-30(33)37-21-24-12-5-2-6-13-24)38(34,35)22-26-16-9-15-25-14-7-8-17-27(25)26/h1-17,28H,18-22H2,(H,31,33)(H,34,35). The van der Waals surface area contributed by atoms with Gasteiger partial charge in [0.15, 0.2) is 0 Å². The van der Waals surface area contributed by atoms with E-state index in [1.54, 1.807) is 6.07 Å². The van der Waals surface area contributed by atoms with E-state index in [-0.39, 0.29) is 32.2 Å². The molecule has 0 fully saturated rings. The molecule has 8 heteroatoms. The normalized spacial score (nSPS) is 13.3. The van der Waals surface area contributed by atoms with Gasteiger partial charge in [-0.2, -0.15) is 0 Å². The Kier molecular flexibility index (Phi) is 9.30. The summed E-state index contributed by atoms with van der Waals surface area (Å²) in [5.74, 6) is -1.72. The van der Waals surface area contributed by atoms with E-state index in [4.69, 9.17) is 9.47 Å². The summed E-state index contributed by atoms with van der Waals surface area (Å²) in [5.41, 5.74) is 2.31. The van der Waals surface area contributed by atoms with Crippen LogP contribution < -0.4 is 5.32 Å². The van der Waals surface area contributed by atoms with Crippen LogP contribution in [0, 0.1) is 0 Å².